The van der Waals surface area contributed by atoms with Gasteiger partial charge in [-0.05, 0) is 37.1 Å². The van der Waals surface area contributed by atoms with E-state index in [2.05, 4.69) is 0 Å². The maximum Gasteiger partial charge on any atom is 0.122 e. The van der Waals surface area contributed by atoms with Crippen LogP contribution in [0.15, 0.2) is 12.1 Å². The Labute approximate surface area is 84.5 Å². The van der Waals surface area contributed by atoms with Crippen LogP contribution in [0.4, 0.5) is 0 Å². The van der Waals surface area contributed by atoms with Crippen molar-refractivity contribution in [1.29, 1.82) is 0 Å². The highest BCUT2D eigenvalue weighted by Crippen LogP contribution is 2.32. The van der Waals surface area contributed by atoms with Gasteiger partial charge in [0.05, 0.1) is 7.11 Å². The number of hydrogen-bond donors (Lipinski definition) is 2. The Kier molecular flexibility index (Phi) is 3.36. The molecule has 1 aromatic carbocycles. The molecule has 0 fully saturated rings. The van der Waals surface area contributed by atoms with Crippen molar-refractivity contribution in [3.63, 3.8) is 0 Å². The van der Waals surface area contributed by atoms with Gasteiger partial charge in [0.15, 0.2) is 0 Å². The van der Waals surface area contributed by atoms with Crippen LogP contribution in [0.1, 0.15) is 24.0 Å². The van der Waals surface area contributed by atoms with Crippen molar-refractivity contribution in [1.82, 2.24) is 0 Å². The van der Waals surface area contributed by atoms with Crippen LogP contribution in [0.25, 0.3) is 0 Å². The molecule has 0 saturated carbocycles. The van der Waals surface area contributed by atoms with Gasteiger partial charge in [0, 0.05) is 5.56 Å². The molecule has 0 heterocycles. The summed E-state index contributed by atoms with van der Waals surface area (Å²) in [6, 6.07) is 3.64. The number of ether oxygens (including phenoxy) is 1. The number of benzene rings is 1. The minimum absolute atomic E-state index is 0.142. The fourth-order valence-electron chi connectivity index (χ4n) is 1.39. The van der Waals surface area contributed by atoms with Gasteiger partial charge in [0.2, 0.25) is 0 Å². The summed E-state index contributed by atoms with van der Waals surface area (Å²) in [5.41, 5.74) is 7.23. The van der Waals surface area contributed by atoms with Gasteiger partial charge < -0.3 is 15.6 Å². The first-order chi connectivity index (χ1) is 6.60. The van der Waals surface area contributed by atoms with E-state index in [1.54, 1.807) is 7.11 Å². The minimum Gasteiger partial charge on any atom is -0.507 e. The molecule has 14 heavy (non-hydrogen) atoms. The van der Waals surface area contributed by atoms with Crippen LogP contribution in [0.2, 0.25) is 0 Å². The van der Waals surface area contributed by atoms with Crippen LogP contribution in [0, 0.1) is 6.92 Å². The largest absolute Gasteiger partial charge is 0.507 e. The lowest BCUT2D eigenvalue weighted by atomic mass is 9.97. The molecule has 0 bridgehead atoms. The molecule has 0 aliphatic heterocycles. The molecule has 1 unspecified atom stereocenters. The maximum absolute atomic E-state index is 9.81. The lowest BCUT2D eigenvalue weighted by Crippen LogP contribution is -2.09. The molecule has 3 nitrogen and oxygen atoms in total. The normalized spacial score (nSPS) is 12.6. The zero-order chi connectivity index (χ0) is 10.7. The summed E-state index contributed by atoms with van der Waals surface area (Å²) >= 11 is 0. The van der Waals surface area contributed by atoms with E-state index in [4.69, 9.17) is 10.5 Å². The summed E-state index contributed by atoms with van der Waals surface area (Å²) in [5, 5.41) is 9.81. The Bertz CT molecular complexity index is 323. The Morgan fingerprint density at radius 2 is 2.14 bits per heavy atom. The van der Waals surface area contributed by atoms with E-state index in [0.717, 1.165) is 16.9 Å². The smallest absolute Gasteiger partial charge is 0.122 e. The van der Waals surface area contributed by atoms with Gasteiger partial charge in [0.25, 0.3) is 0 Å². The fourth-order valence-corrected chi connectivity index (χ4v) is 1.39. The predicted octanol–water partition coefficient (Wildman–Crippen LogP) is 1.77. The molecule has 1 atom stereocenters. The van der Waals surface area contributed by atoms with Gasteiger partial charge >= 0.3 is 0 Å². The van der Waals surface area contributed by atoms with Gasteiger partial charge in [-0.15, -0.1) is 0 Å². The third kappa shape index (κ3) is 1.99. The molecule has 0 aromatic heterocycles. The number of phenols is 1. The lowest BCUT2D eigenvalue weighted by Gasteiger charge is -2.14. The number of aryl methyl sites for hydroxylation is 1. The van der Waals surface area contributed by atoms with E-state index in [1.807, 2.05) is 26.0 Å². The van der Waals surface area contributed by atoms with Crippen LogP contribution < -0.4 is 10.5 Å². The first kappa shape index (κ1) is 10.9. The van der Waals surface area contributed by atoms with E-state index in [9.17, 15) is 5.11 Å². The SMILES string of the molecule is COc1cc(C)c(O)c(C(C)CN)c1. The van der Waals surface area contributed by atoms with Crippen LogP contribution in [-0.4, -0.2) is 18.8 Å². The Hall–Kier alpha value is -1.22. The second kappa shape index (κ2) is 4.33. The highest BCUT2D eigenvalue weighted by molar-refractivity contribution is 5.47. The number of hydrogen-bond acceptors (Lipinski definition) is 3. The van der Waals surface area contributed by atoms with Gasteiger partial charge in [-0.2, -0.15) is 0 Å². The van der Waals surface area contributed by atoms with Crippen molar-refractivity contribution in [2.24, 2.45) is 5.73 Å². The minimum atomic E-state index is 0.142. The van der Waals surface area contributed by atoms with Crippen molar-refractivity contribution in [3.8, 4) is 11.5 Å². The molecule has 0 aliphatic rings. The summed E-state index contributed by atoms with van der Waals surface area (Å²) in [6.07, 6.45) is 0. The van der Waals surface area contributed by atoms with Gasteiger partial charge in [-0.1, -0.05) is 6.92 Å². The van der Waals surface area contributed by atoms with Crippen LogP contribution in [0.5, 0.6) is 11.5 Å². The molecule has 0 radical (unpaired) electrons. The van der Waals surface area contributed by atoms with Gasteiger partial charge in [0.1, 0.15) is 11.5 Å². The molecule has 0 aliphatic carbocycles. The first-order valence-electron chi connectivity index (χ1n) is 4.67. The molecule has 3 N–H and O–H groups in total. The Balaban J connectivity index is 3.20. The van der Waals surface area contributed by atoms with E-state index in [-0.39, 0.29) is 5.92 Å². The fraction of sp³-hybridized carbons (Fsp3) is 0.455. The molecular weight excluding hydrogens is 178 g/mol. The van der Waals surface area contributed by atoms with E-state index < -0.39 is 0 Å². The number of methoxy groups -OCH3 is 1. The number of phenolic OH excluding ortho intramolecular Hbond substituents is 1. The second-order valence-corrected chi connectivity index (χ2v) is 3.52. The molecule has 0 spiro atoms. The summed E-state index contributed by atoms with van der Waals surface area (Å²) in [6.45, 7) is 4.35. The van der Waals surface area contributed by atoms with E-state index >= 15 is 0 Å². The number of aromatic hydroxyl groups is 1. The van der Waals surface area contributed by atoms with E-state index in [0.29, 0.717) is 12.3 Å². The average molecular weight is 195 g/mol. The van der Waals surface area contributed by atoms with Crippen molar-refractivity contribution in [2.45, 2.75) is 19.8 Å². The third-order valence-electron chi connectivity index (χ3n) is 2.42. The molecule has 0 amide bonds. The molecule has 1 aromatic rings. The standard InChI is InChI=1S/C11H17NO2/c1-7-4-9(14-3)5-10(11(7)13)8(2)6-12/h4-5,8,13H,6,12H2,1-3H3. The quantitative estimate of drug-likeness (QED) is 0.772. The van der Waals surface area contributed by atoms with Crippen molar-refractivity contribution in [3.05, 3.63) is 23.3 Å². The van der Waals surface area contributed by atoms with Crippen molar-refractivity contribution in [2.75, 3.05) is 13.7 Å². The van der Waals surface area contributed by atoms with Gasteiger partial charge in [-0.25, -0.2) is 0 Å². The Morgan fingerprint density at radius 3 is 2.64 bits per heavy atom. The van der Waals surface area contributed by atoms with Crippen LogP contribution in [-0.2, 0) is 0 Å². The topological polar surface area (TPSA) is 55.5 Å². The van der Waals surface area contributed by atoms with Crippen LogP contribution >= 0.6 is 0 Å². The number of nitrogens with two attached hydrogens (primary N) is 1. The van der Waals surface area contributed by atoms with E-state index in [1.165, 1.54) is 0 Å². The zero-order valence-corrected chi connectivity index (χ0v) is 8.87. The molecule has 3 heteroatoms. The van der Waals surface area contributed by atoms with Crippen LogP contribution in [0.3, 0.4) is 0 Å². The lowest BCUT2D eigenvalue weighted by molar-refractivity contribution is 0.408. The summed E-state index contributed by atoms with van der Waals surface area (Å²) in [7, 11) is 1.61. The monoisotopic (exact) mass is 195 g/mol. The highest BCUT2D eigenvalue weighted by Gasteiger charge is 2.12. The summed E-state index contributed by atoms with van der Waals surface area (Å²) in [5.74, 6) is 1.23. The average Bonchev–Trinajstić information content (AvgIpc) is 2.20. The highest BCUT2D eigenvalue weighted by atomic mass is 16.5. The van der Waals surface area contributed by atoms with Crippen molar-refractivity contribution >= 4 is 0 Å². The van der Waals surface area contributed by atoms with Gasteiger partial charge in [-0.3, -0.25) is 0 Å². The molecular formula is C11H17NO2. The molecule has 1 rings (SSSR count). The molecule has 78 valence electrons. The summed E-state index contributed by atoms with van der Waals surface area (Å²) < 4.78 is 5.13. The molecule has 0 saturated heterocycles. The predicted molar refractivity (Wildman–Crippen MR) is 56.9 cm³/mol. The zero-order valence-electron chi connectivity index (χ0n) is 8.87. The number of rotatable bonds is 3. The third-order valence-corrected chi connectivity index (χ3v) is 2.42. The second-order valence-electron chi connectivity index (χ2n) is 3.52. The Morgan fingerprint density at radius 1 is 1.50 bits per heavy atom. The maximum atomic E-state index is 9.81. The summed E-state index contributed by atoms with van der Waals surface area (Å²) in [4.78, 5) is 0. The first-order valence-corrected chi connectivity index (χ1v) is 4.67. The van der Waals surface area contributed by atoms with Crippen molar-refractivity contribution < 1.29 is 9.84 Å².